The van der Waals surface area contributed by atoms with Gasteiger partial charge in [-0.1, -0.05) is 49.1 Å². The molecule has 0 atom stereocenters. The van der Waals surface area contributed by atoms with E-state index >= 15 is 0 Å². The number of carbonyl (C=O) groups excluding carboxylic acids is 1. The molecule has 27 heavy (non-hydrogen) atoms. The smallest absolute Gasteiger partial charge is 0.269 e. The summed E-state index contributed by atoms with van der Waals surface area (Å²) in [5.41, 5.74) is 1.58. The zero-order chi connectivity index (χ0) is 18.9. The number of nitrogens with one attached hydrogen (secondary N) is 1. The van der Waals surface area contributed by atoms with E-state index in [1.165, 1.54) is 19.3 Å². The average molecular weight is 390 g/mol. The lowest BCUT2D eigenvalue weighted by atomic mass is 9.79. The van der Waals surface area contributed by atoms with Crippen molar-refractivity contribution in [1.29, 1.82) is 0 Å². The predicted octanol–water partition coefficient (Wildman–Crippen LogP) is 3.60. The second kappa shape index (κ2) is 7.82. The largest absolute Gasteiger partial charge is 0.379 e. The number of carbonyl (C=O) groups is 1. The number of morpholine rings is 1. The standard InChI is InChI=1S/C21H28ClN3O2/c1-24-17-8-4-3-7-16(17)18(22)19(24)20(26)23-15-21(9-5-2-6-10-21)25-11-13-27-14-12-25/h3-4,7-8H,2,5-6,9-15H2,1H3,(H,23,26). The van der Waals surface area contributed by atoms with Crippen molar-refractivity contribution in [2.75, 3.05) is 32.8 Å². The van der Waals surface area contributed by atoms with Crippen LogP contribution in [0.2, 0.25) is 5.02 Å². The van der Waals surface area contributed by atoms with Crippen molar-refractivity contribution in [2.45, 2.75) is 37.6 Å². The molecule has 2 aliphatic rings. The number of halogens is 1. The summed E-state index contributed by atoms with van der Waals surface area (Å²) >= 11 is 6.55. The number of benzene rings is 1. The van der Waals surface area contributed by atoms with Crippen molar-refractivity contribution in [2.24, 2.45) is 7.05 Å². The fourth-order valence-corrected chi connectivity index (χ4v) is 5.15. The van der Waals surface area contributed by atoms with Gasteiger partial charge in [0.1, 0.15) is 5.69 Å². The van der Waals surface area contributed by atoms with Crippen LogP contribution in [0, 0.1) is 0 Å². The minimum Gasteiger partial charge on any atom is -0.379 e. The molecule has 5 nitrogen and oxygen atoms in total. The van der Waals surface area contributed by atoms with Gasteiger partial charge in [-0.3, -0.25) is 9.69 Å². The van der Waals surface area contributed by atoms with Gasteiger partial charge in [-0.25, -0.2) is 0 Å². The molecule has 2 aromatic rings. The van der Waals surface area contributed by atoms with Gasteiger partial charge in [0.15, 0.2) is 0 Å². The van der Waals surface area contributed by atoms with Crippen molar-refractivity contribution < 1.29 is 9.53 Å². The number of fused-ring (bicyclic) bond motifs is 1. The molecule has 146 valence electrons. The SMILES string of the molecule is Cn1c(C(=O)NCC2(N3CCOCC3)CCCCC2)c(Cl)c2ccccc21. The molecule has 1 aliphatic heterocycles. The topological polar surface area (TPSA) is 46.5 Å². The molecular weight excluding hydrogens is 362 g/mol. The highest BCUT2D eigenvalue weighted by Crippen LogP contribution is 2.34. The number of hydrogen-bond donors (Lipinski definition) is 1. The first-order chi connectivity index (χ1) is 13.1. The molecule has 4 rings (SSSR count). The number of ether oxygens (including phenoxy) is 1. The molecule has 1 amide bonds. The lowest BCUT2D eigenvalue weighted by Crippen LogP contribution is -2.59. The Hall–Kier alpha value is -1.56. The van der Waals surface area contributed by atoms with Gasteiger partial charge >= 0.3 is 0 Å². The number of para-hydroxylation sites is 1. The molecule has 1 N–H and O–H groups in total. The van der Waals surface area contributed by atoms with E-state index in [0.29, 0.717) is 17.3 Å². The van der Waals surface area contributed by atoms with E-state index < -0.39 is 0 Å². The fourth-order valence-electron chi connectivity index (χ4n) is 4.78. The predicted molar refractivity (Wildman–Crippen MR) is 108 cm³/mol. The van der Waals surface area contributed by atoms with Crippen molar-refractivity contribution in [1.82, 2.24) is 14.8 Å². The van der Waals surface area contributed by atoms with Crippen LogP contribution in [-0.4, -0.2) is 53.8 Å². The maximum atomic E-state index is 13.1. The van der Waals surface area contributed by atoms with Crippen LogP contribution in [0.25, 0.3) is 10.9 Å². The zero-order valence-corrected chi connectivity index (χ0v) is 16.7. The van der Waals surface area contributed by atoms with Gasteiger partial charge in [-0.2, -0.15) is 0 Å². The molecule has 1 aromatic carbocycles. The van der Waals surface area contributed by atoms with Crippen LogP contribution in [0.1, 0.15) is 42.6 Å². The molecule has 0 unspecified atom stereocenters. The summed E-state index contributed by atoms with van der Waals surface area (Å²) < 4.78 is 7.44. The summed E-state index contributed by atoms with van der Waals surface area (Å²) in [5.74, 6) is -0.0862. The Kier molecular flexibility index (Phi) is 5.44. The van der Waals surface area contributed by atoms with Gasteiger partial charge in [-0.15, -0.1) is 0 Å². The molecular formula is C21H28ClN3O2. The molecule has 0 spiro atoms. The van der Waals surface area contributed by atoms with E-state index in [2.05, 4.69) is 10.2 Å². The Morgan fingerprint density at radius 2 is 1.89 bits per heavy atom. The third-order valence-corrected chi connectivity index (χ3v) is 6.69. The van der Waals surface area contributed by atoms with E-state index in [9.17, 15) is 4.79 Å². The van der Waals surface area contributed by atoms with Crippen LogP contribution in [0.3, 0.4) is 0 Å². The Balaban J connectivity index is 1.55. The number of amides is 1. The Bertz CT molecular complexity index is 781. The monoisotopic (exact) mass is 389 g/mol. The minimum absolute atomic E-state index is 0.0504. The van der Waals surface area contributed by atoms with Gasteiger partial charge in [0.05, 0.1) is 18.2 Å². The number of rotatable bonds is 4. The molecule has 0 bridgehead atoms. The molecule has 2 heterocycles. The first-order valence-electron chi connectivity index (χ1n) is 9.96. The van der Waals surface area contributed by atoms with E-state index in [1.807, 2.05) is 35.9 Å². The molecule has 0 radical (unpaired) electrons. The van der Waals surface area contributed by atoms with Crippen LogP contribution >= 0.6 is 11.6 Å². The number of aryl methyl sites for hydroxylation is 1. The Morgan fingerprint density at radius 1 is 1.19 bits per heavy atom. The van der Waals surface area contributed by atoms with E-state index in [0.717, 1.165) is 50.0 Å². The highest BCUT2D eigenvalue weighted by molar-refractivity contribution is 6.38. The number of aromatic nitrogens is 1. The van der Waals surface area contributed by atoms with E-state index in [1.54, 1.807) is 0 Å². The highest BCUT2D eigenvalue weighted by Gasteiger charge is 2.39. The van der Waals surface area contributed by atoms with Gasteiger partial charge in [0.2, 0.25) is 0 Å². The maximum absolute atomic E-state index is 13.1. The average Bonchev–Trinajstić information content (AvgIpc) is 2.98. The highest BCUT2D eigenvalue weighted by atomic mass is 35.5. The summed E-state index contributed by atoms with van der Waals surface area (Å²) in [6, 6.07) is 7.88. The summed E-state index contributed by atoms with van der Waals surface area (Å²) in [5, 5.41) is 4.68. The van der Waals surface area contributed by atoms with Gasteiger partial charge in [0.25, 0.3) is 5.91 Å². The first-order valence-corrected chi connectivity index (χ1v) is 10.3. The first kappa shape index (κ1) is 18.8. The van der Waals surface area contributed by atoms with E-state index in [4.69, 9.17) is 16.3 Å². The van der Waals surface area contributed by atoms with Crippen molar-refractivity contribution in [3.8, 4) is 0 Å². The quantitative estimate of drug-likeness (QED) is 0.869. The lowest BCUT2D eigenvalue weighted by molar-refractivity contribution is -0.0361. The van der Waals surface area contributed by atoms with Crippen LogP contribution in [0.4, 0.5) is 0 Å². The molecule has 1 saturated carbocycles. The summed E-state index contributed by atoms with van der Waals surface area (Å²) in [4.78, 5) is 15.6. The summed E-state index contributed by atoms with van der Waals surface area (Å²) in [7, 11) is 1.90. The Morgan fingerprint density at radius 3 is 2.59 bits per heavy atom. The van der Waals surface area contributed by atoms with E-state index in [-0.39, 0.29) is 11.4 Å². The van der Waals surface area contributed by atoms with Crippen molar-refractivity contribution in [3.05, 3.63) is 35.0 Å². The van der Waals surface area contributed by atoms with Crippen LogP contribution in [0.5, 0.6) is 0 Å². The van der Waals surface area contributed by atoms with Crippen LogP contribution < -0.4 is 5.32 Å². The Labute approximate surface area is 165 Å². The summed E-state index contributed by atoms with van der Waals surface area (Å²) in [6.07, 6.45) is 6.01. The third-order valence-electron chi connectivity index (χ3n) is 6.30. The summed E-state index contributed by atoms with van der Waals surface area (Å²) in [6.45, 7) is 4.13. The molecule has 1 aromatic heterocycles. The van der Waals surface area contributed by atoms with Gasteiger partial charge < -0.3 is 14.6 Å². The van der Waals surface area contributed by atoms with Crippen molar-refractivity contribution in [3.63, 3.8) is 0 Å². The van der Waals surface area contributed by atoms with Gasteiger partial charge in [0, 0.05) is 43.1 Å². The number of hydrogen-bond acceptors (Lipinski definition) is 3. The second-order valence-electron chi connectivity index (χ2n) is 7.81. The number of nitrogens with zero attached hydrogens (tertiary/aromatic N) is 2. The van der Waals surface area contributed by atoms with Gasteiger partial charge in [-0.05, 0) is 18.9 Å². The van der Waals surface area contributed by atoms with Crippen LogP contribution in [-0.2, 0) is 11.8 Å². The van der Waals surface area contributed by atoms with Crippen LogP contribution in [0.15, 0.2) is 24.3 Å². The molecule has 1 aliphatic carbocycles. The molecule has 2 fully saturated rings. The minimum atomic E-state index is -0.0862. The normalized spacial score (nSPS) is 20.7. The second-order valence-corrected chi connectivity index (χ2v) is 8.18. The molecule has 1 saturated heterocycles. The lowest BCUT2D eigenvalue weighted by Gasteiger charge is -2.48. The van der Waals surface area contributed by atoms with Crippen molar-refractivity contribution >= 4 is 28.4 Å². The molecule has 6 heteroatoms. The fraction of sp³-hybridized carbons (Fsp3) is 0.571. The zero-order valence-electron chi connectivity index (χ0n) is 16.0. The maximum Gasteiger partial charge on any atom is 0.269 e. The third kappa shape index (κ3) is 3.48.